The molecule has 1 fully saturated rings. The van der Waals surface area contributed by atoms with Crippen LogP contribution in [0.25, 0.3) is 10.8 Å². The van der Waals surface area contributed by atoms with Crippen LogP contribution in [-0.4, -0.2) is 36.1 Å². The molecule has 0 saturated carbocycles. The molecular weight excluding hydrogens is 256 g/mol. The lowest BCUT2D eigenvalue weighted by Crippen LogP contribution is -2.24. The molecule has 0 bridgehead atoms. The van der Waals surface area contributed by atoms with E-state index in [0.29, 0.717) is 6.42 Å². The van der Waals surface area contributed by atoms with Crippen LogP contribution in [0, 0.1) is 0 Å². The first-order chi connectivity index (χ1) is 9.72. The van der Waals surface area contributed by atoms with Gasteiger partial charge in [-0.3, -0.25) is 0 Å². The van der Waals surface area contributed by atoms with Crippen LogP contribution < -0.4 is 4.74 Å². The van der Waals surface area contributed by atoms with Crippen molar-refractivity contribution in [2.75, 3.05) is 13.7 Å². The van der Waals surface area contributed by atoms with E-state index in [4.69, 9.17) is 9.47 Å². The summed E-state index contributed by atoms with van der Waals surface area (Å²) in [7, 11) is 1.63. The van der Waals surface area contributed by atoms with Gasteiger partial charge in [0.1, 0.15) is 11.9 Å². The summed E-state index contributed by atoms with van der Waals surface area (Å²) in [5.74, 6) is 0.750. The summed E-state index contributed by atoms with van der Waals surface area (Å²) in [5.41, 5.74) is 0.918. The quantitative estimate of drug-likeness (QED) is 0.899. The fourth-order valence-corrected chi connectivity index (χ4v) is 2.76. The average Bonchev–Trinajstić information content (AvgIpc) is 2.86. The highest BCUT2D eigenvalue weighted by molar-refractivity contribution is 5.85. The molecule has 2 aromatic carbocycles. The maximum absolute atomic E-state index is 9.87. The Balaban J connectivity index is 2.02. The minimum atomic E-state index is -0.638. The molecule has 1 heterocycles. The largest absolute Gasteiger partial charge is 0.496 e. The second kappa shape index (κ2) is 5.40. The number of hydrogen-bond acceptors (Lipinski definition) is 4. The van der Waals surface area contributed by atoms with Crippen LogP contribution in [0.2, 0.25) is 0 Å². The van der Waals surface area contributed by atoms with Crippen LogP contribution in [0.15, 0.2) is 36.4 Å². The Morgan fingerprint density at radius 3 is 2.55 bits per heavy atom. The van der Waals surface area contributed by atoms with Gasteiger partial charge >= 0.3 is 0 Å². The van der Waals surface area contributed by atoms with Gasteiger partial charge in [-0.1, -0.05) is 24.3 Å². The number of aliphatic hydroxyl groups excluding tert-OH is 2. The summed E-state index contributed by atoms with van der Waals surface area (Å²) < 4.78 is 11.2. The number of aliphatic hydroxyl groups is 2. The summed E-state index contributed by atoms with van der Waals surface area (Å²) in [4.78, 5) is 0. The van der Waals surface area contributed by atoms with Gasteiger partial charge in [-0.2, -0.15) is 0 Å². The van der Waals surface area contributed by atoms with E-state index in [1.165, 1.54) is 0 Å². The standard InChI is InChI=1S/C16H18O4/c1-19-14-7-11-5-3-2-4-10(11)6-12(14)15-8-13(18)16(9-17)20-15/h2-7,13,15-18H,8-9H2,1H3. The third kappa shape index (κ3) is 2.26. The number of ether oxygens (including phenoxy) is 2. The highest BCUT2D eigenvalue weighted by Crippen LogP contribution is 2.39. The Morgan fingerprint density at radius 2 is 1.95 bits per heavy atom. The van der Waals surface area contributed by atoms with E-state index in [1.54, 1.807) is 7.11 Å². The van der Waals surface area contributed by atoms with Gasteiger partial charge in [0, 0.05) is 12.0 Å². The van der Waals surface area contributed by atoms with Crippen LogP contribution >= 0.6 is 0 Å². The van der Waals surface area contributed by atoms with Crippen molar-refractivity contribution in [2.45, 2.75) is 24.7 Å². The molecule has 0 aromatic heterocycles. The predicted molar refractivity (Wildman–Crippen MR) is 75.8 cm³/mol. The number of hydrogen-bond donors (Lipinski definition) is 2. The third-order valence-electron chi connectivity index (χ3n) is 3.85. The Morgan fingerprint density at radius 1 is 1.25 bits per heavy atom. The van der Waals surface area contributed by atoms with Gasteiger partial charge in [0.25, 0.3) is 0 Å². The molecule has 0 spiro atoms. The summed E-state index contributed by atoms with van der Waals surface area (Å²) in [5, 5.41) is 21.3. The first kappa shape index (κ1) is 13.4. The number of methoxy groups -OCH3 is 1. The van der Waals surface area contributed by atoms with Gasteiger partial charge in [0.05, 0.1) is 25.9 Å². The van der Waals surface area contributed by atoms with Crippen molar-refractivity contribution < 1.29 is 19.7 Å². The van der Waals surface area contributed by atoms with E-state index in [2.05, 4.69) is 0 Å². The lowest BCUT2D eigenvalue weighted by molar-refractivity contribution is -0.0230. The summed E-state index contributed by atoms with van der Waals surface area (Å²) in [6, 6.07) is 12.0. The van der Waals surface area contributed by atoms with Gasteiger partial charge in [0.15, 0.2) is 0 Å². The number of fused-ring (bicyclic) bond motifs is 1. The molecule has 1 saturated heterocycles. The highest BCUT2D eigenvalue weighted by Gasteiger charge is 2.35. The van der Waals surface area contributed by atoms with Crippen molar-refractivity contribution in [1.82, 2.24) is 0 Å². The number of benzene rings is 2. The molecule has 1 aliphatic heterocycles. The van der Waals surface area contributed by atoms with Crippen LogP contribution in [0.3, 0.4) is 0 Å². The van der Waals surface area contributed by atoms with E-state index in [1.807, 2.05) is 36.4 Å². The zero-order valence-electron chi connectivity index (χ0n) is 11.3. The molecule has 3 rings (SSSR count). The molecular formula is C16H18O4. The molecule has 0 radical (unpaired) electrons. The Hall–Kier alpha value is -1.62. The summed E-state index contributed by atoms with van der Waals surface area (Å²) in [6.45, 7) is -0.173. The molecule has 2 N–H and O–H groups in total. The van der Waals surface area contributed by atoms with Gasteiger partial charge in [0.2, 0.25) is 0 Å². The van der Waals surface area contributed by atoms with Gasteiger partial charge in [-0.25, -0.2) is 0 Å². The molecule has 3 unspecified atom stereocenters. The molecule has 3 atom stereocenters. The van der Waals surface area contributed by atoms with Gasteiger partial charge in [-0.05, 0) is 22.9 Å². The Kier molecular flexibility index (Phi) is 3.61. The first-order valence-electron chi connectivity index (χ1n) is 6.74. The molecule has 0 aliphatic carbocycles. The smallest absolute Gasteiger partial charge is 0.125 e. The molecule has 106 valence electrons. The second-order valence-corrected chi connectivity index (χ2v) is 5.09. The second-order valence-electron chi connectivity index (χ2n) is 5.09. The zero-order valence-corrected chi connectivity index (χ0v) is 11.3. The van der Waals surface area contributed by atoms with E-state index in [-0.39, 0.29) is 12.7 Å². The normalized spacial score (nSPS) is 26.1. The highest BCUT2D eigenvalue weighted by atomic mass is 16.5. The summed E-state index contributed by atoms with van der Waals surface area (Å²) in [6.07, 6.45) is -0.931. The average molecular weight is 274 g/mol. The fraction of sp³-hybridized carbons (Fsp3) is 0.375. The fourth-order valence-electron chi connectivity index (χ4n) is 2.76. The monoisotopic (exact) mass is 274 g/mol. The van der Waals surface area contributed by atoms with Crippen molar-refractivity contribution in [3.8, 4) is 5.75 Å². The van der Waals surface area contributed by atoms with Crippen molar-refractivity contribution in [1.29, 1.82) is 0 Å². The maximum atomic E-state index is 9.87. The lowest BCUT2D eigenvalue weighted by Gasteiger charge is -2.16. The zero-order chi connectivity index (χ0) is 14.1. The van der Waals surface area contributed by atoms with Crippen molar-refractivity contribution in [2.24, 2.45) is 0 Å². The van der Waals surface area contributed by atoms with Gasteiger partial charge in [-0.15, -0.1) is 0 Å². The molecule has 2 aromatic rings. The van der Waals surface area contributed by atoms with Crippen LogP contribution in [0.1, 0.15) is 18.1 Å². The van der Waals surface area contributed by atoms with E-state index in [0.717, 1.165) is 22.1 Å². The van der Waals surface area contributed by atoms with Gasteiger partial charge < -0.3 is 19.7 Å². The predicted octanol–water partition coefficient (Wildman–Crippen LogP) is 2.03. The first-order valence-corrected chi connectivity index (χ1v) is 6.74. The molecule has 20 heavy (non-hydrogen) atoms. The van der Waals surface area contributed by atoms with Crippen LogP contribution in [0.4, 0.5) is 0 Å². The SMILES string of the molecule is COc1cc2ccccc2cc1C1CC(O)C(CO)O1. The van der Waals surface area contributed by atoms with Crippen molar-refractivity contribution in [3.63, 3.8) is 0 Å². The van der Waals surface area contributed by atoms with Crippen molar-refractivity contribution >= 4 is 10.8 Å². The third-order valence-corrected chi connectivity index (χ3v) is 3.85. The Labute approximate surface area is 117 Å². The van der Waals surface area contributed by atoms with Crippen molar-refractivity contribution in [3.05, 3.63) is 42.0 Å². The Bertz CT molecular complexity index is 610. The summed E-state index contributed by atoms with van der Waals surface area (Å²) >= 11 is 0. The van der Waals surface area contributed by atoms with E-state index in [9.17, 15) is 10.2 Å². The van der Waals surface area contributed by atoms with Crippen LogP contribution in [-0.2, 0) is 4.74 Å². The van der Waals surface area contributed by atoms with Crippen LogP contribution in [0.5, 0.6) is 5.75 Å². The minimum Gasteiger partial charge on any atom is -0.496 e. The minimum absolute atomic E-state index is 0.173. The maximum Gasteiger partial charge on any atom is 0.125 e. The molecule has 0 amide bonds. The van der Waals surface area contributed by atoms with E-state index < -0.39 is 12.2 Å². The lowest BCUT2D eigenvalue weighted by atomic mass is 9.99. The van der Waals surface area contributed by atoms with E-state index >= 15 is 0 Å². The number of rotatable bonds is 3. The molecule has 4 heteroatoms. The topological polar surface area (TPSA) is 58.9 Å². The molecule has 4 nitrogen and oxygen atoms in total. The molecule has 1 aliphatic rings.